The average Bonchev–Trinajstić information content (AvgIpc) is 2.56. The number of halogens is 1. The molecule has 1 N–H and O–H groups in total. The first-order valence-corrected chi connectivity index (χ1v) is 8.61. The van der Waals surface area contributed by atoms with Crippen molar-refractivity contribution in [3.05, 3.63) is 58.6 Å². The number of carbonyl (C=O) groups is 3. The van der Waals surface area contributed by atoms with Crippen molar-refractivity contribution in [1.82, 2.24) is 0 Å². The molecule has 0 aromatic heterocycles. The third-order valence-corrected chi connectivity index (χ3v) is 4.06. The number of hydrogen-bond donors (Lipinski definition) is 1. The molecule has 2 aromatic rings. The Morgan fingerprint density at radius 1 is 1.00 bits per heavy atom. The van der Waals surface area contributed by atoms with Crippen LogP contribution in [0.1, 0.15) is 36.5 Å². The van der Waals surface area contributed by atoms with E-state index in [1.54, 1.807) is 42.5 Å². The lowest BCUT2D eigenvalue weighted by atomic mass is 10.2. The monoisotopic (exact) mass is 403 g/mol. The van der Waals surface area contributed by atoms with Gasteiger partial charge in [-0.15, -0.1) is 0 Å². The van der Waals surface area contributed by atoms with Crippen molar-refractivity contribution >= 4 is 39.3 Å². The first-order chi connectivity index (χ1) is 12.0. The van der Waals surface area contributed by atoms with Gasteiger partial charge in [-0.1, -0.05) is 12.1 Å². The van der Waals surface area contributed by atoms with Crippen LogP contribution >= 0.6 is 15.9 Å². The summed E-state index contributed by atoms with van der Waals surface area (Å²) in [5.41, 5.74) is 1.13. The fraction of sp³-hybridized carbons (Fsp3) is 0.211. The number of anilines is 1. The Morgan fingerprint density at radius 3 is 2.32 bits per heavy atom. The van der Waals surface area contributed by atoms with E-state index in [1.807, 2.05) is 6.07 Å². The maximum absolute atomic E-state index is 12.2. The summed E-state index contributed by atoms with van der Waals surface area (Å²) >= 11 is 3.34. The zero-order valence-electron chi connectivity index (χ0n) is 13.8. The maximum Gasteiger partial charge on any atom is 0.311 e. The molecule has 0 spiro atoms. The van der Waals surface area contributed by atoms with Crippen molar-refractivity contribution in [3.63, 3.8) is 0 Å². The minimum atomic E-state index is -0.383. The van der Waals surface area contributed by atoms with Gasteiger partial charge in [-0.05, 0) is 65.7 Å². The summed E-state index contributed by atoms with van der Waals surface area (Å²) in [7, 11) is 0. The van der Waals surface area contributed by atoms with Crippen LogP contribution in [0.2, 0.25) is 0 Å². The average molecular weight is 404 g/mol. The van der Waals surface area contributed by atoms with Crippen molar-refractivity contribution in [3.8, 4) is 5.75 Å². The van der Waals surface area contributed by atoms with Gasteiger partial charge in [0, 0.05) is 23.0 Å². The number of rotatable bonds is 7. The number of nitrogens with one attached hydrogen (secondary N) is 1. The fourth-order valence-electron chi connectivity index (χ4n) is 2.11. The van der Waals surface area contributed by atoms with Crippen LogP contribution in [0.4, 0.5) is 5.69 Å². The van der Waals surface area contributed by atoms with E-state index in [4.69, 9.17) is 4.74 Å². The highest BCUT2D eigenvalue weighted by Gasteiger charge is 2.10. The minimum Gasteiger partial charge on any atom is -0.427 e. The molecule has 25 heavy (non-hydrogen) atoms. The Morgan fingerprint density at radius 2 is 1.68 bits per heavy atom. The number of amides is 1. The highest BCUT2D eigenvalue weighted by molar-refractivity contribution is 9.10. The van der Waals surface area contributed by atoms with Gasteiger partial charge < -0.3 is 14.8 Å². The predicted molar refractivity (Wildman–Crippen MR) is 98.7 cm³/mol. The zero-order valence-corrected chi connectivity index (χ0v) is 15.3. The molecule has 0 aliphatic rings. The summed E-state index contributed by atoms with van der Waals surface area (Å²) in [5, 5.41) is 2.78. The number of ketones is 1. The van der Waals surface area contributed by atoms with Crippen LogP contribution in [0.15, 0.2) is 53.0 Å². The lowest BCUT2D eigenvalue weighted by Crippen LogP contribution is -2.12. The molecule has 0 saturated heterocycles. The van der Waals surface area contributed by atoms with E-state index in [0.717, 1.165) is 0 Å². The molecule has 0 bridgehead atoms. The number of carbonyl (C=O) groups excluding carboxylic acids is 3. The van der Waals surface area contributed by atoms with Crippen molar-refractivity contribution in [2.24, 2.45) is 0 Å². The molecule has 1 amide bonds. The molecule has 2 aromatic carbocycles. The quantitative estimate of drug-likeness (QED) is 0.550. The van der Waals surface area contributed by atoms with Crippen LogP contribution in [0.5, 0.6) is 5.75 Å². The Bertz CT molecular complexity index is 771. The van der Waals surface area contributed by atoms with E-state index in [-0.39, 0.29) is 24.1 Å². The van der Waals surface area contributed by atoms with Gasteiger partial charge in [-0.3, -0.25) is 9.59 Å². The van der Waals surface area contributed by atoms with Crippen molar-refractivity contribution in [2.75, 3.05) is 5.32 Å². The lowest BCUT2D eigenvalue weighted by Gasteiger charge is -2.08. The molecule has 5 nitrogen and oxygen atoms in total. The van der Waals surface area contributed by atoms with Crippen LogP contribution in [0.3, 0.4) is 0 Å². The van der Waals surface area contributed by atoms with Gasteiger partial charge in [0.25, 0.3) is 5.91 Å². The molecule has 0 radical (unpaired) electrons. The van der Waals surface area contributed by atoms with Crippen LogP contribution in [-0.4, -0.2) is 17.7 Å². The third kappa shape index (κ3) is 6.15. The Hall–Kier alpha value is -2.47. The molecule has 6 heteroatoms. The second-order valence-corrected chi connectivity index (χ2v) is 6.34. The predicted octanol–water partition coefficient (Wildman–Crippen LogP) is 4.37. The molecule has 0 atom stereocenters. The summed E-state index contributed by atoms with van der Waals surface area (Å²) in [4.78, 5) is 34.7. The molecular formula is C19H18BrNO4. The van der Waals surface area contributed by atoms with Crippen molar-refractivity contribution in [2.45, 2.75) is 26.2 Å². The molecule has 0 aliphatic carbocycles. The van der Waals surface area contributed by atoms with E-state index >= 15 is 0 Å². The number of esters is 1. The molecule has 0 saturated carbocycles. The lowest BCUT2D eigenvalue weighted by molar-refractivity contribution is -0.134. The third-order valence-electron chi connectivity index (χ3n) is 3.37. The van der Waals surface area contributed by atoms with Crippen LogP contribution in [0.25, 0.3) is 0 Å². The van der Waals surface area contributed by atoms with Gasteiger partial charge in [0.2, 0.25) is 0 Å². The van der Waals surface area contributed by atoms with Gasteiger partial charge in [-0.25, -0.2) is 0 Å². The molecule has 130 valence electrons. The number of Topliss-reactive ketones (excluding diaryl/α,β-unsaturated/α-hetero) is 1. The van der Waals surface area contributed by atoms with Crippen LogP contribution in [-0.2, 0) is 9.59 Å². The van der Waals surface area contributed by atoms with Crippen molar-refractivity contribution < 1.29 is 19.1 Å². The molecule has 0 unspecified atom stereocenters. The van der Waals surface area contributed by atoms with E-state index < -0.39 is 0 Å². The Labute approximate surface area is 154 Å². The SMILES string of the molecule is CC(=O)CCCC(=O)Oc1ccc(NC(=O)c2ccccc2Br)cc1. The maximum atomic E-state index is 12.2. The highest BCUT2D eigenvalue weighted by atomic mass is 79.9. The van der Waals surface area contributed by atoms with Gasteiger partial charge in [0.15, 0.2) is 0 Å². The summed E-state index contributed by atoms with van der Waals surface area (Å²) in [6.45, 7) is 1.49. The fourth-order valence-corrected chi connectivity index (χ4v) is 2.58. The summed E-state index contributed by atoms with van der Waals surface area (Å²) < 4.78 is 5.90. The van der Waals surface area contributed by atoms with E-state index in [0.29, 0.717) is 34.3 Å². The Balaban J connectivity index is 1.89. The zero-order chi connectivity index (χ0) is 18.2. The minimum absolute atomic E-state index is 0.0537. The Kier molecular flexibility index (Phi) is 6.89. The molecule has 0 fully saturated rings. The molecule has 0 heterocycles. The highest BCUT2D eigenvalue weighted by Crippen LogP contribution is 2.20. The molecule has 2 rings (SSSR count). The molecular weight excluding hydrogens is 386 g/mol. The largest absolute Gasteiger partial charge is 0.427 e. The smallest absolute Gasteiger partial charge is 0.311 e. The van der Waals surface area contributed by atoms with Gasteiger partial charge >= 0.3 is 5.97 Å². The second-order valence-electron chi connectivity index (χ2n) is 5.49. The van der Waals surface area contributed by atoms with Gasteiger partial charge in [0.05, 0.1) is 5.56 Å². The van der Waals surface area contributed by atoms with Crippen molar-refractivity contribution in [1.29, 1.82) is 0 Å². The van der Waals surface area contributed by atoms with E-state index in [1.165, 1.54) is 6.92 Å². The number of ether oxygens (including phenoxy) is 1. The van der Waals surface area contributed by atoms with Gasteiger partial charge in [0.1, 0.15) is 11.5 Å². The number of hydrogen-bond acceptors (Lipinski definition) is 4. The normalized spacial score (nSPS) is 10.2. The van der Waals surface area contributed by atoms with Gasteiger partial charge in [-0.2, -0.15) is 0 Å². The van der Waals surface area contributed by atoms with E-state index in [2.05, 4.69) is 21.2 Å². The topological polar surface area (TPSA) is 72.5 Å². The summed E-state index contributed by atoms with van der Waals surface area (Å²) in [5.74, 6) is -0.169. The number of benzene rings is 2. The first-order valence-electron chi connectivity index (χ1n) is 7.82. The van der Waals surface area contributed by atoms with E-state index in [9.17, 15) is 14.4 Å². The molecule has 0 aliphatic heterocycles. The second kappa shape index (κ2) is 9.13. The summed E-state index contributed by atoms with van der Waals surface area (Å²) in [6.07, 6.45) is 1.05. The van der Waals surface area contributed by atoms with Crippen LogP contribution < -0.4 is 10.1 Å². The standard InChI is InChI=1S/C19H18BrNO4/c1-13(22)5-4-8-18(23)25-15-11-9-14(10-12-15)21-19(24)16-6-2-3-7-17(16)20/h2-3,6-7,9-12H,4-5,8H2,1H3,(H,21,24). The first kappa shape index (κ1) is 18.9. The summed E-state index contributed by atoms with van der Waals surface area (Å²) in [6, 6.07) is 13.7. The van der Waals surface area contributed by atoms with Crippen LogP contribution in [0, 0.1) is 0 Å².